The quantitative estimate of drug-likeness (QED) is 0.523. The van der Waals surface area contributed by atoms with Crippen molar-refractivity contribution in [3.8, 4) is 6.07 Å². The standard InChI is InChI=1S/C6H9N3O2/c1-4(10)9-5(3-7)6(11)8-2/h5H,1-2H3,(H,8,11)(H,9,10)/t5-/m1/s1. The lowest BCUT2D eigenvalue weighted by atomic mass is 10.3. The van der Waals surface area contributed by atoms with Crippen LogP contribution in [-0.4, -0.2) is 24.9 Å². The van der Waals surface area contributed by atoms with Gasteiger partial charge in [0.05, 0.1) is 6.07 Å². The summed E-state index contributed by atoms with van der Waals surface area (Å²) in [6.45, 7) is 1.24. The minimum atomic E-state index is -1.09. The molecule has 0 spiro atoms. The average Bonchev–Trinajstić information content (AvgIpc) is 1.98. The summed E-state index contributed by atoms with van der Waals surface area (Å²) < 4.78 is 0. The van der Waals surface area contributed by atoms with E-state index in [1.165, 1.54) is 14.0 Å². The predicted molar refractivity (Wildman–Crippen MR) is 37.3 cm³/mol. The van der Waals surface area contributed by atoms with Crippen molar-refractivity contribution >= 4 is 11.8 Å². The van der Waals surface area contributed by atoms with Crippen LogP contribution in [0.1, 0.15) is 6.92 Å². The Kier molecular flexibility index (Phi) is 3.67. The molecule has 5 nitrogen and oxygen atoms in total. The summed E-state index contributed by atoms with van der Waals surface area (Å²) >= 11 is 0. The van der Waals surface area contributed by atoms with Crippen molar-refractivity contribution < 1.29 is 9.59 Å². The molecule has 0 bridgehead atoms. The molecule has 5 heteroatoms. The summed E-state index contributed by atoms with van der Waals surface area (Å²) in [4.78, 5) is 21.1. The van der Waals surface area contributed by atoms with Crippen molar-refractivity contribution in [1.82, 2.24) is 10.6 Å². The SMILES string of the molecule is CNC(=O)[C@@H](C#N)NC(C)=O. The van der Waals surface area contributed by atoms with Crippen LogP contribution in [0.5, 0.6) is 0 Å². The smallest absolute Gasteiger partial charge is 0.257 e. The van der Waals surface area contributed by atoms with Gasteiger partial charge in [-0.05, 0) is 0 Å². The lowest BCUT2D eigenvalue weighted by Gasteiger charge is -2.06. The molecule has 0 unspecified atom stereocenters. The van der Waals surface area contributed by atoms with Gasteiger partial charge in [0.15, 0.2) is 6.04 Å². The van der Waals surface area contributed by atoms with Crippen LogP contribution in [0.2, 0.25) is 0 Å². The van der Waals surface area contributed by atoms with E-state index < -0.39 is 17.9 Å². The number of hydrogen-bond acceptors (Lipinski definition) is 3. The van der Waals surface area contributed by atoms with Gasteiger partial charge in [0.2, 0.25) is 5.91 Å². The summed E-state index contributed by atoms with van der Waals surface area (Å²) in [6.07, 6.45) is 0. The normalized spacial score (nSPS) is 11.0. The van der Waals surface area contributed by atoms with E-state index in [1.807, 2.05) is 0 Å². The first-order chi connectivity index (χ1) is 5.11. The fraction of sp³-hybridized carbons (Fsp3) is 0.500. The van der Waals surface area contributed by atoms with Gasteiger partial charge in [-0.3, -0.25) is 9.59 Å². The Morgan fingerprint density at radius 2 is 2.09 bits per heavy atom. The van der Waals surface area contributed by atoms with Crippen molar-refractivity contribution in [1.29, 1.82) is 5.26 Å². The summed E-state index contributed by atoms with van der Waals surface area (Å²) in [5.41, 5.74) is 0. The molecular weight excluding hydrogens is 146 g/mol. The minimum absolute atomic E-state index is 0.403. The highest BCUT2D eigenvalue weighted by Gasteiger charge is 2.15. The van der Waals surface area contributed by atoms with Crippen molar-refractivity contribution in [2.24, 2.45) is 0 Å². The second-order valence-electron chi connectivity index (χ2n) is 1.88. The molecular formula is C6H9N3O2. The third-order valence-electron chi connectivity index (χ3n) is 0.985. The Morgan fingerprint density at radius 3 is 2.36 bits per heavy atom. The Labute approximate surface area is 64.4 Å². The molecule has 0 aromatic carbocycles. The van der Waals surface area contributed by atoms with Gasteiger partial charge in [0.25, 0.3) is 5.91 Å². The number of hydrogen-bond donors (Lipinski definition) is 2. The van der Waals surface area contributed by atoms with Gasteiger partial charge in [-0.2, -0.15) is 5.26 Å². The molecule has 2 amide bonds. The van der Waals surface area contributed by atoms with Crippen molar-refractivity contribution in [3.05, 3.63) is 0 Å². The van der Waals surface area contributed by atoms with E-state index in [0.29, 0.717) is 0 Å². The topological polar surface area (TPSA) is 82.0 Å². The van der Waals surface area contributed by atoms with Gasteiger partial charge in [-0.1, -0.05) is 0 Å². The van der Waals surface area contributed by atoms with Gasteiger partial charge < -0.3 is 10.6 Å². The van der Waals surface area contributed by atoms with E-state index in [-0.39, 0.29) is 0 Å². The molecule has 0 aliphatic heterocycles. The molecule has 0 fully saturated rings. The zero-order valence-electron chi connectivity index (χ0n) is 6.34. The monoisotopic (exact) mass is 155 g/mol. The number of carbonyl (C=O) groups is 2. The maximum absolute atomic E-state index is 10.7. The Balaban J connectivity index is 4.09. The molecule has 0 aliphatic carbocycles. The van der Waals surface area contributed by atoms with Crippen molar-refractivity contribution in [2.75, 3.05) is 7.05 Å². The molecule has 11 heavy (non-hydrogen) atoms. The molecule has 2 N–H and O–H groups in total. The van der Waals surface area contributed by atoms with Gasteiger partial charge in [0.1, 0.15) is 0 Å². The molecule has 0 aliphatic rings. The number of nitrogens with one attached hydrogen (secondary N) is 2. The molecule has 0 rings (SSSR count). The first-order valence-corrected chi connectivity index (χ1v) is 3.00. The van der Waals surface area contributed by atoms with Crippen LogP contribution in [0.25, 0.3) is 0 Å². The van der Waals surface area contributed by atoms with E-state index in [1.54, 1.807) is 6.07 Å². The third kappa shape index (κ3) is 3.20. The Bertz CT molecular complexity index is 206. The van der Waals surface area contributed by atoms with Crippen molar-refractivity contribution in [2.45, 2.75) is 13.0 Å². The molecule has 0 heterocycles. The second kappa shape index (κ2) is 4.28. The van der Waals surface area contributed by atoms with Crippen LogP contribution in [0, 0.1) is 11.3 Å². The molecule has 0 saturated heterocycles. The van der Waals surface area contributed by atoms with Crippen molar-refractivity contribution in [3.63, 3.8) is 0 Å². The number of nitrogens with zero attached hydrogens (tertiary/aromatic N) is 1. The van der Waals surface area contributed by atoms with Gasteiger partial charge in [-0.25, -0.2) is 0 Å². The molecule has 1 atom stereocenters. The largest absolute Gasteiger partial charge is 0.356 e. The fourth-order valence-corrected chi connectivity index (χ4v) is 0.504. The van der Waals surface area contributed by atoms with Gasteiger partial charge >= 0.3 is 0 Å². The van der Waals surface area contributed by atoms with Crippen LogP contribution < -0.4 is 10.6 Å². The number of likely N-dealkylation sites (N-methyl/N-ethyl adjacent to an activating group) is 1. The Hall–Kier alpha value is -1.57. The van der Waals surface area contributed by atoms with Crippen LogP contribution in [0.15, 0.2) is 0 Å². The molecule has 0 radical (unpaired) electrons. The average molecular weight is 155 g/mol. The maximum atomic E-state index is 10.7. The number of nitriles is 1. The molecule has 0 aromatic rings. The number of amides is 2. The highest BCUT2D eigenvalue weighted by molar-refractivity contribution is 5.88. The number of carbonyl (C=O) groups excluding carboxylic acids is 2. The van der Waals surface area contributed by atoms with E-state index in [2.05, 4.69) is 10.6 Å². The highest BCUT2D eigenvalue weighted by atomic mass is 16.2. The van der Waals surface area contributed by atoms with Crippen LogP contribution in [0.4, 0.5) is 0 Å². The number of rotatable bonds is 2. The predicted octanol–water partition coefficient (Wildman–Crippen LogP) is -1.24. The molecule has 0 saturated carbocycles. The Morgan fingerprint density at radius 1 is 1.55 bits per heavy atom. The van der Waals surface area contributed by atoms with Crippen LogP contribution in [0.3, 0.4) is 0 Å². The van der Waals surface area contributed by atoms with Crippen LogP contribution >= 0.6 is 0 Å². The lowest BCUT2D eigenvalue weighted by Crippen LogP contribution is -2.43. The zero-order valence-corrected chi connectivity index (χ0v) is 6.34. The molecule has 60 valence electrons. The summed E-state index contributed by atoms with van der Waals surface area (Å²) in [7, 11) is 1.40. The third-order valence-corrected chi connectivity index (χ3v) is 0.985. The highest BCUT2D eigenvalue weighted by Crippen LogP contribution is 1.79. The van der Waals surface area contributed by atoms with E-state index >= 15 is 0 Å². The summed E-state index contributed by atoms with van der Waals surface area (Å²) in [5.74, 6) is -0.914. The van der Waals surface area contributed by atoms with E-state index in [9.17, 15) is 9.59 Å². The first-order valence-electron chi connectivity index (χ1n) is 3.00. The summed E-state index contributed by atoms with van der Waals surface area (Å²) in [6, 6.07) is 0.554. The van der Waals surface area contributed by atoms with E-state index in [4.69, 9.17) is 5.26 Å². The van der Waals surface area contributed by atoms with Gasteiger partial charge in [0, 0.05) is 14.0 Å². The zero-order chi connectivity index (χ0) is 8.85. The second-order valence-corrected chi connectivity index (χ2v) is 1.88. The lowest BCUT2D eigenvalue weighted by molar-refractivity contribution is -0.126. The minimum Gasteiger partial charge on any atom is -0.356 e. The summed E-state index contributed by atoms with van der Waals surface area (Å²) in [5, 5.41) is 12.8. The fourth-order valence-electron chi connectivity index (χ4n) is 0.504. The van der Waals surface area contributed by atoms with Crippen LogP contribution in [-0.2, 0) is 9.59 Å². The first kappa shape index (κ1) is 9.43. The molecule has 0 aromatic heterocycles. The maximum Gasteiger partial charge on any atom is 0.257 e. The van der Waals surface area contributed by atoms with E-state index in [0.717, 1.165) is 0 Å². The van der Waals surface area contributed by atoms with Gasteiger partial charge in [-0.15, -0.1) is 0 Å².